The molecular weight excluding hydrogens is 323 g/mol. The highest BCUT2D eigenvalue weighted by Gasteiger charge is 2.62. The van der Waals surface area contributed by atoms with Crippen molar-refractivity contribution < 1.29 is 14.3 Å². The van der Waals surface area contributed by atoms with Crippen LogP contribution in [-0.2, 0) is 14.3 Å². The van der Waals surface area contributed by atoms with Crippen molar-refractivity contribution in [2.24, 2.45) is 17.3 Å². The van der Waals surface area contributed by atoms with Crippen LogP contribution in [0.4, 0.5) is 0 Å². The normalized spacial score (nSPS) is 29.1. The zero-order valence-corrected chi connectivity index (χ0v) is 14.3. The Hall–Kier alpha value is -1.24. The fourth-order valence-electron chi connectivity index (χ4n) is 3.12. The molecule has 0 spiro atoms. The van der Waals surface area contributed by atoms with Crippen LogP contribution in [0.3, 0.4) is 0 Å². The number of ether oxygens (including phenoxy) is 1. The Bertz CT molecular complexity index is 618. The molecule has 118 valence electrons. The molecule has 0 amide bonds. The minimum Gasteiger partial charge on any atom is -0.457 e. The summed E-state index contributed by atoms with van der Waals surface area (Å²) in [5, 5.41) is 0. The molecule has 1 fully saturated rings. The fourth-order valence-corrected chi connectivity index (χ4v) is 3.39. The van der Waals surface area contributed by atoms with Crippen molar-refractivity contribution in [2.45, 2.75) is 39.7 Å². The molecule has 0 aliphatic heterocycles. The van der Waals surface area contributed by atoms with Crippen LogP contribution < -0.4 is 0 Å². The van der Waals surface area contributed by atoms with Crippen molar-refractivity contribution in [2.75, 3.05) is 0 Å². The van der Waals surface area contributed by atoms with Gasteiger partial charge in [-0.3, -0.25) is 9.59 Å². The number of terminal acetylenes is 1. The topological polar surface area (TPSA) is 43.4 Å². The standard InChI is InChI=1S/C17H18Cl2O3/c1-5-6-10-9(2)13(8-12(10)20)22-16(21)15-11(7-14(18)19)17(15,3)4/h1,7,11,13,15H,6,8H2,2-4H3/t11-,13+,15+/m1/s1. The van der Waals surface area contributed by atoms with E-state index in [0.29, 0.717) is 5.57 Å². The Balaban J connectivity index is 2.07. The van der Waals surface area contributed by atoms with Gasteiger partial charge in [0.15, 0.2) is 5.78 Å². The maximum atomic E-state index is 12.4. The zero-order valence-electron chi connectivity index (χ0n) is 12.8. The van der Waals surface area contributed by atoms with Crippen molar-refractivity contribution >= 4 is 35.0 Å². The largest absolute Gasteiger partial charge is 0.457 e. The predicted octanol–water partition coefficient (Wildman–Crippen LogP) is 3.80. The van der Waals surface area contributed by atoms with Gasteiger partial charge in [-0.15, -0.1) is 12.3 Å². The number of carbonyl (C=O) groups excluding carboxylic acids is 2. The third-order valence-electron chi connectivity index (χ3n) is 4.67. The Labute approximate surface area is 140 Å². The molecule has 3 atom stereocenters. The van der Waals surface area contributed by atoms with Gasteiger partial charge in [-0.1, -0.05) is 37.0 Å². The first kappa shape index (κ1) is 17.1. The van der Waals surface area contributed by atoms with Gasteiger partial charge in [0, 0.05) is 12.0 Å². The average Bonchev–Trinajstić information content (AvgIpc) is 2.83. The monoisotopic (exact) mass is 340 g/mol. The summed E-state index contributed by atoms with van der Waals surface area (Å²) >= 11 is 11.4. The molecule has 5 heteroatoms. The zero-order chi connectivity index (χ0) is 16.7. The van der Waals surface area contributed by atoms with Gasteiger partial charge in [0.05, 0.1) is 12.3 Å². The lowest BCUT2D eigenvalue weighted by atomic mass is 10.1. The van der Waals surface area contributed by atoms with E-state index in [0.717, 1.165) is 5.57 Å². The minimum absolute atomic E-state index is 0.0384. The van der Waals surface area contributed by atoms with Crippen molar-refractivity contribution in [3.63, 3.8) is 0 Å². The predicted molar refractivity (Wildman–Crippen MR) is 86.2 cm³/mol. The van der Waals surface area contributed by atoms with Crippen LogP contribution in [0.15, 0.2) is 21.7 Å². The van der Waals surface area contributed by atoms with E-state index in [4.69, 9.17) is 34.4 Å². The number of esters is 1. The van der Waals surface area contributed by atoms with Gasteiger partial charge in [-0.2, -0.15) is 0 Å². The first-order valence-electron chi connectivity index (χ1n) is 7.09. The van der Waals surface area contributed by atoms with E-state index in [1.165, 1.54) is 0 Å². The third-order valence-corrected chi connectivity index (χ3v) is 4.93. The molecule has 0 N–H and O–H groups in total. The average molecular weight is 341 g/mol. The van der Waals surface area contributed by atoms with Crippen LogP contribution in [0.2, 0.25) is 0 Å². The van der Waals surface area contributed by atoms with Gasteiger partial charge in [0.2, 0.25) is 0 Å². The van der Waals surface area contributed by atoms with Crippen LogP contribution in [0.1, 0.15) is 33.6 Å². The van der Waals surface area contributed by atoms with E-state index < -0.39 is 6.10 Å². The molecule has 0 heterocycles. The molecule has 2 aliphatic carbocycles. The maximum absolute atomic E-state index is 12.4. The number of carbonyl (C=O) groups is 2. The summed E-state index contributed by atoms with van der Waals surface area (Å²) in [5.41, 5.74) is 1.11. The fraction of sp³-hybridized carbons (Fsp3) is 0.529. The first-order chi connectivity index (χ1) is 10.2. The third kappa shape index (κ3) is 3.09. The number of halogens is 2. The minimum atomic E-state index is -0.504. The number of hydrogen-bond donors (Lipinski definition) is 0. The smallest absolute Gasteiger partial charge is 0.310 e. The first-order valence-corrected chi connectivity index (χ1v) is 7.85. The maximum Gasteiger partial charge on any atom is 0.310 e. The Kier molecular flexibility index (Phi) is 4.75. The number of Topliss-reactive ketones (excluding diaryl/α,β-unsaturated/α-hetero) is 1. The van der Waals surface area contributed by atoms with Crippen molar-refractivity contribution in [3.8, 4) is 12.3 Å². The van der Waals surface area contributed by atoms with E-state index in [1.54, 1.807) is 13.0 Å². The molecule has 1 saturated carbocycles. The lowest BCUT2D eigenvalue weighted by Gasteiger charge is -2.13. The summed E-state index contributed by atoms with van der Waals surface area (Å²) in [7, 11) is 0. The molecule has 2 rings (SSSR count). The van der Waals surface area contributed by atoms with Gasteiger partial charge in [-0.05, 0) is 29.9 Å². The van der Waals surface area contributed by atoms with Crippen LogP contribution in [0.5, 0.6) is 0 Å². The van der Waals surface area contributed by atoms with Gasteiger partial charge >= 0.3 is 5.97 Å². The van der Waals surface area contributed by atoms with E-state index in [1.807, 2.05) is 13.8 Å². The highest BCUT2D eigenvalue weighted by atomic mass is 35.5. The summed E-state index contributed by atoms with van der Waals surface area (Å²) < 4.78 is 5.69. The van der Waals surface area contributed by atoms with Gasteiger partial charge < -0.3 is 4.74 Å². The summed E-state index contributed by atoms with van der Waals surface area (Å²) in [6, 6.07) is 0. The molecule has 0 unspecified atom stereocenters. The second-order valence-corrected chi connectivity index (χ2v) is 7.38. The molecule has 0 aromatic heterocycles. The molecular formula is C17H18Cl2O3. The van der Waals surface area contributed by atoms with Gasteiger partial charge in [0.25, 0.3) is 0 Å². The number of hydrogen-bond acceptors (Lipinski definition) is 3. The van der Waals surface area contributed by atoms with Gasteiger partial charge in [-0.25, -0.2) is 0 Å². The molecule has 0 saturated heterocycles. The lowest BCUT2D eigenvalue weighted by molar-refractivity contribution is -0.150. The molecule has 2 aliphatic rings. The van der Waals surface area contributed by atoms with E-state index >= 15 is 0 Å². The Morgan fingerprint density at radius 3 is 2.68 bits per heavy atom. The molecule has 22 heavy (non-hydrogen) atoms. The van der Waals surface area contributed by atoms with Crippen LogP contribution >= 0.6 is 23.2 Å². The van der Waals surface area contributed by atoms with Crippen molar-refractivity contribution in [3.05, 3.63) is 21.7 Å². The van der Waals surface area contributed by atoms with E-state index in [-0.39, 0.29) is 46.3 Å². The van der Waals surface area contributed by atoms with Gasteiger partial charge in [0.1, 0.15) is 10.6 Å². The SMILES string of the molecule is C#CCC1=C(C)[C@@H](OC(=O)[C@@H]2[C@@H](C=C(Cl)Cl)C2(C)C)CC1=O. The second kappa shape index (κ2) is 6.10. The lowest BCUT2D eigenvalue weighted by Crippen LogP contribution is -2.20. The van der Waals surface area contributed by atoms with Crippen LogP contribution in [0, 0.1) is 29.6 Å². The molecule has 0 aromatic rings. The molecule has 3 nitrogen and oxygen atoms in total. The summed E-state index contributed by atoms with van der Waals surface area (Å²) in [6.45, 7) is 5.72. The summed E-state index contributed by atoms with van der Waals surface area (Å²) in [6.07, 6.45) is 6.88. The Morgan fingerprint density at radius 2 is 2.14 bits per heavy atom. The van der Waals surface area contributed by atoms with Crippen LogP contribution in [0.25, 0.3) is 0 Å². The molecule has 0 bridgehead atoms. The van der Waals surface area contributed by atoms with Crippen LogP contribution in [-0.4, -0.2) is 17.9 Å². The molecule has 0 radical (unpaired) electrons. The quantitative estimate of drug-likeness (QED) is 0.577. The highest BCUT2D eigenvalue weighted by Crippen LogP contribution is 2.60. The number of ketones is 1. The van der Waals surface area contributed by atoms with E-state index in [9.17, 15) is 9.59 Å². The summed E-state index contributed by atoms with van der Waals surface area (Å²) in [5.74, 6) is 1.77. The van der Waals surface area contributed by atoms with Crippen molar-refractivity contribution in [1.29, 1.82) is 0 Å². The van der Waals surface area contributed by atoms with Crippen molar-refractivity contribution in [1.82, 2.24) is 0 Å². The molecule has 0 aromatic carbocycles. The summed E-state index contributed by atoms with van der Waals surface area (Å²) in [4.78, 5) is 24.3. The Morgan fingerprint density at radius 1 is 1.50 bits per heavy atom. The van der Waals surface area contributed by atoms with E-state index in [2.05, 4.69) is 5.92 Å². The second-order valence-electron chi connectivity index (χ2n) is 6.38. The number of rotatable bonds is 4. The number of allylic oxidation sites excluding steroid dienone is 2. The highest BCUT2D eigenvalue weighted by molar-refractivity contribution is 6.55.